The predicted molar refractivity (Wildman–Crippen MR) is 71.6 cm³/mol. The van der Waals surface area contributed by atoms with E-state index in [9.17, 15) is 4.79 Å². The fraction of sp³-hybridized carbons (Fsp3) is 0.214. The molecule has 2 heterocycles. The maximum atomic E-state index is 12.1. The molecular weight excluding hydrogens is 240 g/mol. The quantitative estimate of drug-likeness (QED) is 0.894. The second kappa shape index (κ2) is 4.68. The lowest BCUT2D eigenvalue weighted by atomic mass is 10.1. The Balaban J connectivity index is 2.02. The Bertz CT molecular complexity index is 599. The Morgan fingerprint density at radius 1 is 1.32 bits per heavy atom. The number of carbonyl (C=O) groups excluding carboxylic acids is 1. The lowest BCUT2D eigenvalue weighted by Gasteiger charge is -2.33. The number of urea groups is 1. The fourth-order valence-corrected chi connectivity index (χ4v) is 2.29. The van der Waals surface area contributed by atoms with Crippen molar-refractivity contribution in [2.45, 2.75) is 19.5 Å². The van der Waals surface area contributed by atoms with Gasteiger partial charge in [0.05, 0.1) is 6.04 Å². The van der Waals surface area contributed by atoms with Gasteiger partial charge in [0.2, 0.25) is 0 Å². The summed E-state index contributed by atoms with van der Waals surface area (Å²) in [4.78, 5) is 22.1. The summed E-state index contributed by atoms with van der Waals surface area (Å²) in [6, 6.07) is 9.71. The van der Waals surface area contributed by atoms with E-state index in [1.54, 1.807) is 11.1 Å². The maximum Gasteiger partial charge on any atom is 0.323 e. The molecule has 2 aromatic rings. The largest absolute Gasteiger partial charge is 0.333 e. The molecule has 3 rings (SSSR count). The molecule has 1 aromatic heterocycles. The first kappa shape index (κ1) is 11.6. The van der Waals surface area contributed by atoms with Crippen molar-refractivity contribution in [2.75, 3.05) is 4.90 Å². The molecule has 0 saturated carbocycles. The molecule has 1 unspecified atom stereocenters. The molecule has 19 heavy (non-hydrogen) atoms. The van der Waals surface area contributed by atoms with E-state index < -0.39 is 0 Å². The number of nitrogens with zero attached hydrogens (tertiary/aromatic N) is 3. The molecule has 96 valence electrons. The van der Waals surface area contributed by atoms with E-state index in [-0.39, 0.29) is 12.1 Å². The van der Waals surface area contributed by atoms with Crippen LogP contribution >= 0.6 is 0 Å². The molecule has 5 heteroatoms. The number of aromatic nitrogens is 2. The molecule has 0 bridgehead atoms. The summed E-state index contributed by atoms with van der Waals surface area (Å²) in [5.74, 6) is 0.690. The lowest BCUT2D eigenvalue weighted by Crippen LogP contribution is -2.46. The zero-order valence-corrected chi connectivity index (χ0v) is 10.6. The molecule has 5 nitrogen and oxygen atoms in total. The molecule has 0 aliphatic carbocycles. The average Bonchev–Trinajstić information content (AvgIpc) is 2.47. The molecule has 1 N–H and O–H groups in total. The number of fused-ring (bicyclic) bond motifs is 1. The first-order valence-corrected chi connectivity index (χ1v) is 6.18. The summed E-state index contributed by atoms with van der Waals surface area (Å²) in [5.41, 5.74) is 2.01. The summed E-state index contributed by atoms with van der Waals surface area (Å²) >= 11 is 0. The average molecular weight is 254 g/mol. The van der Waals surface area contributed by atoms with Crippen LogP contribution in [0.15, 0.2) is 42.9 Å². The number of hydrogen-bond acceptors (Lipinski definition) is 3. The van der Waals surface area contributed by atoms with Gasteiger partial charge < -0.3 is 5.32 Å². The third-order valence-electron chi connectivity index (χ3n) is 3.31. The molecular formula is C14H14N4O. The number of anilines is 1. The minimum absolute atomic E-state index is 0.0739. The predicted octanol–water partition coefficient (Wildman–Crippen LogP) is 2.27. The van der Waals surface area contributed by atoms with Crippen LogP contribution in [0.1, 0.15) is 24.1 Å². The summed E-state index contributed by atoms with van der Waals surface area (Å²) in [7, 11) is 0. The molecule has 0 saturated heterocycles. The molecule has 0 radical (unpaired) electrons. The van der Waals surface area contributed by atoms with Crippen LogP contribution in [0.3, 0.4) is 0 Å². The van der Waals surface area contributed by atoms with Crippen molar-refractivity contribution in [2.24, 2.45) is 0 Å². The van der Waals surface area contributed by atoms with Gasteiger partial charge in [-0.15, -0.1) is 0 Å². The van der Waals surface area contributed by atoms with Gasteiger partial charge in [-0.1, -0.05) is 30.3 Å². The van der Waals surface area contributed by atoms with E-state index in [4.69, 9.17) is 0 Å². The summed E-state index contributed by atoms with van der Waals surface area (Å²) in [6.45, 7) is 2.47. The third kappa shape index (κ3) is 2.03. The summed E-state index contributed by atoms with van der Waals surface area (Å²) < 4.78 is 0. The number of amides is 2. The third-order valence-corrected chi connectivity index (χ3v) is 3.31. The smallest absolute Gasteiger partial charge is 0.323 e. The van der Waals surface area contributed by atoms with E-state index >= 15 is 0 Å². The van der Waals surface area contributed by atoms with Crippen LogP contribution in [0.4, 0.5) is 10.6 Å². The first-order valence-electron chi connectivity index (χ1n) is 6.18. The number of nitrogens with one attached hydrogen (secondary N) is 1. The van der Waals surface area contributed by atoms with Crippen molar-refractivity contribution < 1.29 is 4.79 Å². The standard InChI is InChI=1S/C14H14N4O/c1-10(11-5-3-2-4-6-11)18-13-12(7-15-9-17-13)8-16-14(18)19/h2-7,9-10H,8H2,1H3,(H,16,19). The van der Waals surface area contributed by atoms with Crippen LogP contribution in [0.2, 0.25) is 0 Å². The van der Waals surface area contributed by atoms with Crippen LogP contribution in [-0.4, -0.2) is 16.0 Å². The molecule has 0 fully saturated rings. The van der Waals surface area contributed by atoms with Crippen LogP contribution in [0.5, 0.6) is 0 Å². The van der Waals surface area contributed by atoms with Gasteiger partial charge in [-0.2, -0.15) is 0 Å². The Morgan fingerprint density at radius 2 is 2.11 bits per heavy atom. The topological polar surface area (TPSA) is 58.1 Å². The normalized spacial score (nSPS) is 15.6. The Hall–Kier alpha value is -2.43. The second-order valence-corrected chi connectivity index (χ2v) is 4.49. The highest BCUT2D eigenvalue weighted by molar-refractivity contribution is 5.94. The molecule has 1 aliphatic heterocycles. The van der Waals surface area contributed by atoms with Crippen LogP contribution in [0.25, 0.3) is 0 Å². The Kier molecular flexibility index (Phi) is 2.87. The number of carbonyl (C=O) groups is 1. The van der Waals surface area contributed by atoms with Crippen molar-refractivity contribution in [3.63, 3.8) is 0 Å². The van der Waals surface area contributed by atoms with Crippen LogP contribution in [0, 0.1) is 0 Å². The van der Waals surface area contributed by atoms with Crippen LogP contribution in [-0.2, 0) is 6.54 Å². The molecule has 1 aromatic carbocycles. The molecule has 1 atom stereocenters. The Morgan fingerprint density at radius 3 is 2.89 bits per heavy atom. The highest BCUT2D eigenvalue weighted by atomic mass is 16.2. The van der Waals surface area contributed by atoms with Crippen molar-refractivity contribution in [1.29, 1.82) is 0 Å². The van der Waals surface area contributed by atoms with Gasteiger partial charge >= 0.3 is 6.03 Å². The highest BCUT2D eigenvalue weighted by Gasteiger charge is 2.29. The van der Waals surface area contributed by atoms with Crippen molar-refractivity contribution in [3.8, 4) is 0 Å². The number of hydrogen-bond donors (Lipinski definition) is 1. The SMILES string of the molecule is CC(c1ccccc1)N1C(=O)NCc2cncnc21. The van der Waals surface area contributed by atoms with Gasteiger partial charge in [0, 0.05) is 18.3 Å². The fourth-order valence-electron chi connectivity index (χ4n) is 2.29. The van der Waals surface area contributed by atoms with E-state index in [0.29, 0.717) is 12.4 Å². The molecule has 0 spiro atoms. The Labute approximate surface area is 111 Å². The van der Waals surface area contributed by atoms with Gasteiger partial charge in [-0.25, -0.2) is 14.8 Å². The van der Waals surface area contributed by atoms with Gasteiger partial charge in [-0.05, 0) is 12.5 Å². The minimum Gasteiger partial charge on any atom is -0.333 e. The number of benzene rings is 1. The van der Waals surface area contributed by atoms with E-state index in [2.05, 4.69) is 15.3 Å². The first-order chi connectivity index (χ1) is 9.27. The summed E-state index contributed by atoms with van der Waals surface area (Å²) in [5, 5.41) is 2.85. The minimum atomic E-state index is -0.123. The molecule has 2 amide bonds. The zero-order chi connectivity index (χ0) is 13.2. The van der Waals surface area contributed by atoms with E-state index in [1.807, 2.05) is 37.3 Å². The van der Waals surface area contributed by atoms with Gasteiger partial charge in [-0.3, -0.25) is 4.90 Å². The summed E-state index contributed by atoms with van der Waals surface area (Å²) in [6.07, 6.45) is 3.22. The van der Waals surface area contributed by atoms with Gasteiger partial charge in [0.15, 0.2) is 0 Å². The highest BCUT2D eigenvalue weighted by Crippen LogP contribution is 2.29. The van der Waals surface area contributed by atoms with Gasteiger partial charge in [0.1, 0.15) is 12.1 Å². The molecule has 1 aliphatic rings. The zero-order valence-electron chi connectivity index (χ0n) is 10.6. The van der Waals surface area contributed by atoms with Gasteiger partial charge in [0.25, 0.3) is 0 Å². The van der Waals surface area contributed by atoms with E-state index in [0.717, 1.165) is 11.1 Å². The van der Waals surface area contributed by atoms with Crippen LogP contribution < -0.4 is 10.2 Å². The van der Waals surface area contributed by atoms with Crippen molar-refractivity contribution in [3.05, 3.63) is 54.0 Å². The second-order valence-electron chi connectivity index (χ2n) is 4.49. The number of rotatable bonds is 2. The monoisotopic (exact) mass is 254 g/mol. The maximum absolute atomic E-state index is 12.1. The van der Waals surface area contributed by atoms with E-state index in [1.165, 1.54) is 6.33 Å². The van der Waals surface area contributed by atoms with Crippen molar-refractivity contribution >= 4 is 11.8 Å². The van der Waals surface area contributed by atoms with Crippen molar-refractivity contribution in [1.82, 2.24) is 15.3 Å². The lowest BCUT2D eigenvalue weighted by molar-refractivity contribution is 0.242.